The summed E-state index contributed by atoms with van der Waals surface area (Å²) >= 11 is 0. The molecule has 0 radical (unpaired) electrons. The number of rotatable bonds is 6. The first-order chi connectivity index (χ1) is 18.6. The average molecular weight is 516 g/mol. The molecule has 0 saturated heterocycles. The molecule has 1 aromatic heterocycles. The minimum atomic E-state index is -0.219. The Morgan fingerprint density at radius 1 is 0.921 bits per heavy atom. The quantitative estimate of drug-likeness (QED) is 0.494. The van der Waals surface area contributed by atoms with E-state index in [1.807, 2.05) is 30.3 Å². The highest BCUT2D eigenvalue weighted by atomic mass is 16.5. The molecule has 5 saturated carbocycles. The molecule has 6 heteroatoms. The number of amides is 1. The van der Waals surface area contributed by atoms with E-state index in [1.165, 1.54) is 57.1 Å². The second-order valence-corrected chi connectivity index (χ2v) is 13.0. The van der Waals surface area contributed by atoms with Crippen LogP contribution < -0.4 is 5.32 Å². The molecule has 38 heavy (non-hydrogen) atoms. The van der Waals surface area contributed by atoms with E-state index in [1.54, 1.807) is 0 Å². The SMILES string of the molecule is O=C(NC1C2CC3CC(C2)CC1C3)c1nn(C2CCCCC2)c2c1CC(C(=O)OCc1ccccc1)CC2. The van der Waals surface area contributed by atoms with Crippen molar-refractivity contribution in [2.75, 3.05) is 0 Å². The molecule has 1 amide bonds. The van der Waals surface area contributed by atoms with E-state index in [0.717, 1.165) is 48.6 Å². The second-order valence-electron chi connectivity index (χ2n) is 13.0. The lowest BCUT2D eigenvalue weighted by atomic mass is 9.54. The van der Waals surface area contributed by atoms with Crippen LogP contribution in [0.15, 0.2) is 30.3 Å². The van der Waals surface area contributed by atoms with Crippen LogP contribution in [0.3, 0.4) is 0 Å². The Bertz CT molecular complexity index is 1150. The second kappa shape index (κ2) is 10.2. The summed E-state index contributed by atoms with van der Waals surface area (Å²) in [5.41, 5.74) is 3.78. The van der Waals surface area contributed by atoms with E-state index in [-0.39, 0.29) is 17.8 Å². The molecule has 1 atom stereocenters. The fraction of sp³-hybridized carbons (Fsp3) is 0.656. The summed E-state index contributed by atoms with van der Waals surface area (Å²) in [5.74, 6) is 2.64. The Hall–Kier alpha value is -2.63. The molecule has 2 aromatic rings. The summed E-state index contributed by atoms with van der Waals surface area (Å²) in [6, 6.07) is 10.5. The molecular formula is C32H41N3O3. The van der Waals surface area contributed by atoms with E-state index in [2.05, 4.69) is 10.00 Å². The lowest BCUT2D eigenvalue weighted by molar-refractivity contribution is -0.150. The van der Waals surface area contributed by atoms with Gasteiger partial charge >= 0.3 is 5.97 Å². The van der Waals surface area contributed by atoms with E-state index < -0.39 is 0 Å². The van der Waals surface area contributed by atoms with Gasteiger partial charge in [0.15, 0.2) is 5.69 Å². The van der Waals surface area contributed by atoms with Gasteiger partial charge in [-0.25, -0.2) is 0 Å². The summed E-state index contributed by atoms with van der Waals surface area (Å²) < 4.78 is 7.93. The summed E-state index contributed by atoms with van der Waals surface area (Å²) in [6.07, 6.45) is 14.6. The number of benzene rings is 1. The van der Waals surface area contributed by atoms with Crippen molar-refractivity contribution in [2.24, 2.45) is 29.6 Å². The van der Waals surface area contributed by atoms with Crippen LogP contribution in [-0.2, 0) is 29.0 Å². The summed E-state index contributed by atoms with van der Waals surface area (Å²) in [7, 11) is 0. The number of esters is 1. The lowest BCUT2D eigenvalue weighted by Gasteiger charge is -2.54. The molecule has 0 spiro atoms. The third-order valence-electron chi connectivity index (χ3n) is 10.5. The first-order valence-corrected chi connectivity index (χ1v) is 15.2. The monoisotopic (exact) mass is 515 g/mol. The van der Waals surface area contributed by atoms with Crippen LogP contribution in [0.4, 0.5) is 0 Å². The van der Waals surface area contributed by atoms with Crippen molar-refractivity contribution in [3.63, 3.8) is 0 Å². The number of nitrogens with one attached hydrogen (secondary N) is 1. The molecule has 6 nitrogen and oxygen atoms in total. The predicted molar refractivity (Wildman–Crippen MR) is 144 cm³/mol. The van der Waals surface area contributed by atoms with E-state index in [9.17, 15) is 9.59 Å². The van der Waals surface area contributed by atoms with Crippen molar-refractivity contribution in [1.82, 2.24) is 15.1 Å². The Morgan fingerprint density at radius 2 is 1.63 bits per heavy atom. The van der Waals surface area contributed by atoms with Gasteiger partial charge in [0.2, 0.25) is 0 Å². The largest absolute Gasteiger partial charge is 0.461 e. The molecule has 0 aliphatic heterocycles. The van der Waals surface area contributed by atoms with Crippen molar-refractivity contribution in [1.29, 1.82) is 0 Å². The Kier molecular flexibility index (Phi) is 6.53. The molecule has 1 heterocycles. The van der Waals surface area contributed by atoms with Crippen LogP contribution in [0, 0.1) is 29.6 Å². The highest BCUT2D eigenvalue weighted by Gasteiger charge is 2.49. The number of aromatic nitrogens is 2. The van der Waals surface area contributed by atoms with Crippen LogP contribution in [0.25, 0.3) is 0 Å². The first kappa shape index (κ1) is 24.4. The zero-order valence-corrected chi connectivity index (χ0v) is 22.4. The molecular weight excluding hydrogens is 474 g/mol. The van der Waals surface area contributed by atoms with E-state index in [0.29, 0.717) is 42.6 Å². The predicted octanol–water partition coefficient (Wildman–Crippen LogP) is 5.79. The number of nitrogens with zero attached hydrogens (tertiary/aromatic N) is 2. The van der Waals surface area contributed by atoms with Crippen LogP contribution in [-0.4, -0.2) is 27.7 Å². The number of ether oxygens (including phenoxy) is 1. The van der Waals surface area contributed by atoms with Crippen LogP contribution in [0.5, 0.6) is 0 Å². The summed E-state index contributed by atoms with van der Waals surface area (Å²) in [5, 5.41) is 8.54. The number of carbonyl (C=O) groups excluding carboxylic acids is 2. The van der Waals surface area contributed by atoms with Gasteiger partial charge in [0.25, 0.3) is 5.91 Å². The van der Waals surface area contributed by atoms with Crippen molar-refractivity contribution in [2.45, 2.75) is 102 Å². The fourth-order valence-corrected chi connectivity index (χ4v) is 8.88. The Balaban J connectivity index is 1.11. The number of fused-ring (bicyclic) bond motifs is 1. The molecule has 8 rings (SSSR count). The minimum absolute atomic E-state index is 0.00779. The molecule has 4 bridgehead atoms. The van der Waals surface area contributed by atoms with Crippen LogP contribution in [0.1, 0.15) is 104 Å². The lowest BCUT2D eigenvalue weighted by Crippen LogP contribution is -2.56. The van der Waals surface area contributed by atoms with Gasteiger partial charge in [-0.1, -0.05) is 49.6 Å². The smallest absolute Gasteiger partial charge is 0.309 e. The van der Waals surface area contributed by atoms with Gasteiger partial charge in [0, 0.05) is 17.3 Å². The molecule has 5 fully saturated rings. The third kappa shape index (κ3) is 4.58. The number of hydrogen-bond acceptors (Lipinski definition) is 4. The summed E-state index contributed by atoms with van der Waals surface area (Å²) in [4.78, 5) is 27.0. The van der Waals surface area contributed by atoms with Gasteiger partial charge in [-0.05, 0) is 93.4 Å². The average Bonchev–Trinajstić information content (AvgIpc) is 3.33. The maximum Gasteiger partial charge on any atom is 0.309 e. The first-order valence-electron chi connectivity index (χ1n) is 15.2. The summed E-state index contributed by atoms with van der Waals surface area (Å²) in [6.45, 7) is 0.296. The topological polar surface area (TPSA) is 73.2 Å². The fourth-order valence-electron chi connectivity index (χ4n) is 8.88. The molecule has 6 aliphatic carbocycles. The maximum atomic E-state index is 13.9. The standard InChI is InChI=1S/C32H41N3O3/c36-31(33-29-24-14-21-13-22(16-24)17-25(29)15-21)30-27-18-23(32(37)38-19-20-7-3-1-4-8-20)11-12-28(27)35(34-30)26-9-5-2-6-10-26/h1,3-4,7-8,21-26,29H,2,5-6,9-19H2,(H,33,36). The van der Waals surface area contributed by atoms with Crippen molar-refractivity contribution in [3.05, 3.63) is 52.8 Å². The van der Waals surface area contributed by atoms with Gasteiger partial charge in [-0.2, -0.15) is 5.10 Å². The van der Waals surface area contributed by atoms with E-state index in [4.69, 9.17) is 9.84 Å². The van der Waals surface area contributed by atoms with Crippen molar-refractivity contribution < 1.29 is 14.3 Å². The van der Waals surface area contributed by atoms with Gasteiger partial charge < -0.3 is 10.1 Å². The van der Waals surface area contributed by atoms with E-state index >= 15 is 0 Å². The van der Waals surface area contributed by atoms with Gasteiger partial charge in [0.1, 0.15) is 6.61 Å². The third-order valence-corrected chi connectivity index (χ3v) is 10.5. The molecule has 6 aliphatic rings. The van der Waals surface area contributed by atoms with Crippen LogP contribution in [0.2, 0.25) is 0 Å². The Morgan fingerprint density at radius 3 is 2.34 bits per heavy atom. The highest BCUT2D eigenvalue weighted by molar-refractivity contribution is 5.94. The molecule has 1 N–H and O–H groups in total. The maximum absolute atomic E-state index is 13.9. The zero-order valence-electron chi connectivity index (χ0n) is 22.4. The highest BCUT2D eigenvalue weighted by Crippen LogP contribution is 2.53. The normalized spacial score (nSPS) is 32.1. The van der Waals surface area contributed by atoms with Gasteiger partial charge in [-0.15, -0.1) is 0 Å². The van der Waals surface area contributed by atoms with Gasteiger partial charge in [-0.3, -0.25) is 14.3 Å². The minimum Gasteiger partial charge on any atom is -0.461 e. The van der Waals surface area contributed by atoms with Crippen LogP contribution >= 0.6 is 0 Å². The molecule has 1 aromatic carbocycles. The molecule has 202 valence electrons. The van der Waals surface area contributed by atoms with Crippen molar-refractivity contribution >= 4 is 11.9 Å². The Labute approximate surface area is 225 Å². The zero-order chi connectivity index (χ0) is 25.6. The molecule has 1 unspecified atom stereocenters. The van der Waals surface area contributed by atoms with Gasteiger partial charge in [0.05, 0.1) is 12.0 Å². The number of hydrogen-bond donors (Lipinski definition) is 1. The van der Waals surface area contributed by atoms with Crippen molar-refractivity contribution in [3.8, 4) is 0 Å². The number of carbonyl (C=O) groups is 2.